The highest BCUT2D eigenvalue weighted by Gasteiger charge is 2.11. The molecule has 0 aliphatic carbocycles. The van der Waals surface area contributed by atoms with Gasteiger partial charge in [-0.25, -0.2) is 4.68 Å². The maximum atomic E-state index is 6.08. The van der Waals surface area contributed by atoms with Crippen molar-refractivity contribution in [3.05, 3.63) is 35.3 Å². The smallest absolute Gasteiger partial charge is 0.152 e. The van der Waals surface area contributed by atoms with E-state index in [0.29, 0.717) is 5.69 Å². The van der Waals surface area contributed by atoms with Crippen LogP contribution in [0.3, 0.4) is 0 Å². The lowest BCUT2D eigenvalue weighted by Gasteiger charge is -2.09. The molecule has 3 rings (SSSR count). The van der Waals surface area contributed by atoms with Gasteiger partial charge in [0.2, 0.25) is 0 Å². The van der Waals surface area contributed by atoms with Crippen molar-refractivity contribution in [1.29, 1.82) is 0 Å². The van der Waals surface area contributed by atoms with Crippen LogP contribution < -0.4 is 11.1 Å². The Kier molecular flexibility index (Phi) is 2.91. The van der Waals surface area contributed by atoms with Gasteiger partial charge in [0, 0.05) is 16.9 Å². The fraction of sp³-hybridized carbons (Fsp3) is 0.214. The number of thiophene rings is 1. The first-order valence-electron chi connectivity index (χ1n) is 6.26. The largest absolute Gasteiger partial charge is 0.394 e. The van der Waals surface area contributed by atoms with Gasteiger partial charge in [-0.3, -0.25) is 0 Å². The number of nitrogens with one attached hydrogen (secondary N) is 1. The summed E-state index contributed by atoms with van der Waals surface area (Å²) >= 11 is 1.75. The number of aryl methyl sites for hydroxylation is 2. The molecule has 0 radical (unpaired) electrons. The third-order valence-corrected chi connectivity index (χ3v) is 4.09. The summed E-state index contributed by atoms with van der Waals surface area (Å²) in [5, 5.41) is 11.1. The average Bonchev–Trinajstić information content (AvgIpc) is 2.98. The number of anilines is 3. The molecule has 0 atom stereocenters. The number of aromatic nitrogens is 2. The molecule has 0 aliphatic heterocycles. The van der Waals surface area contributed by atoms with Gasteiger partial charge < -0.3 is 11.1 Å². The molecule has 3 N–H and O–H groups in total. The molecule has 4 nitrogen and oxygen atoms in total. The maximum Gasteiger partial charge on any atom is 0.152 e. The minimum atomic E-state index is 0.715. The second kappa shape index (κ2) is 4.59. The van der Waals surface area contributed by atoms with E-state index in [9.17, 15) is 0 Å². The monoisotopic (exact) mass is 272 g/mol. The van der Waals surface area contributed by atoms with Crippen LogP contribution in [0.2, 0.25) is 0 Å². The molecule has 2 aromatic heterocycles. The van der Waals surface area contributed by atoms with Crippen molar-refractivity contribution >= 4 is 38.6 Å². The first-order chi connectivity index (χ1) is 9.19. The van der Waals surface area contributed by atoms with Gasteiger partial charge in [-0.05, 0) is 48.9 Å². The summed E-state index contributed by atoms with van der Waals surface area (Å²) in [6.07, 6.45) is 0. The molecule has 19 heavy (non-hydrogen) atoms. The van der Waals surface area contributed by atoms with Crippen LogP contribution in [0.15, 0.2) is 29.6 Å². The fourth-order valence-electron chi connectivity index (χ4n) is 2.14. The maximum absolute atomic E-state index is 6.08. The Labute approximate surface area is 115 Å². The van der Waals surface area contributed by atoms with E-state index < -0.39 is 0 Å². The molecule has 2 heterocycles. The number of nitrogens with zero attached hydrogens (tertiary/aromatic N) is 2. The van der Waals surface area contributed by atoms with Crippen LogP contribution in [0.5, 0.6) is 0 Å². The fourth-order valence-corrected chi connectivity index (χ4v) is 2.91. The molecule has 0 saturated heterocycles. The molecule has 0 amide bonds. The topological polar surface area (TPSA) is 55.9 Å². The Hall–Kier alpha value is -2.01. The van der Waals surface area contributed by atoms with Crippen LogP contribution >= 0.6 is 11.3 Å². The number of rotatable bonds is 3. The van der Waals surface area contributed by atoms with E-state index in [1.165, 1.54) is 10.1 Å². The summed E-state index contributed by atoms with van der Waals surface area (Å²) in [7, 11) is 0. The molecule has 1 aromatic carbocycles. The minimum absolute atomic E-state index is 0.715. The van der Waals surface area contributed by atoms with Crippen molar-refractivity contribution < 1.29 is 0 Å². The van der Waals surface area contributed by atoms with Crippen LogP contribution in [0, 0.1) is 6.92 Å². The molecule has 0 fully saturated rings. The van der Waals surface area contributed by atoms with E-state index in [0.717, 1.165) is 23.7 Å². The van der Waals surface area contributed by atoms with Gasteiger partial charge in [0.1, 0.15) is 0 Å². The zero-order chi connectivity index (χ0) is 13.4. The van der Waals surface area contributed by atoms with Gasteiger partial charge in [0.05, 0.1) is 11.4 Å². The van der Waals surface area contributed by atoms with E-state index in [4.69, 9.17) is 5.73 Å². The highest BCUT2D eigenvalue weighted by atomic mass is 32.1. The third-order valence-electron chi connectivity index (χ3n) is 3.19. The van der Waals surface area contributed by atoms with E-state index in [1.54, 1.807) is 11.3 Å². The standard InChI is InChI=1S/C14H16N4S/c1-3-18-14(13(15)9(2)17-18)16-11-4-5-12-10(8-11)6-7-19-12/h4-8,16H,3,15H2,1-2H3. The number of fused-ring (bicyclic) bond motifs is 1. The van der Waals surface area contributed by atoms with E-state index in [1.807, 2.05) is 11.6 Å². The lowest BCUT2D eigenvalue weighted by Crippen LogP contribution is -2.04. The van der Waals surface area contributed by atoms with Gasteiger partial charge in [0.25, 0.3) is 0 Å². The quantitative estimate of drug-likeness (QED) is 0.763. The number of nitrogen functional groups attached to an aromatic ring is 1. The zero-order valence-electron chi connectivity index (χ0n) is 11.0. The van der Waals surface area contributed by atoms with E-state index in [2.05, 4.69) is 47.0 Å². The molecule has 98 valence electrons. The number of benzene rings is 1. The van der Waals surface area contributed by atoms with Gasteiger partial charge in [-0.2, -0.15) is 5.10 Å². The normalized spacial score (nSPS) is 11.1. The predicted molar refractivity (Wildman–Crippen MR) is 82.2 cm³/mol. The minimum Gasteiger partial charge on any atom is -0.394 e. The molecular formula is C14H16N4S. The Morgan fingerprint density at radius 3 is 3.00 bits per heavy atom. The van der Waals surface area contributed by atoms with Crippen molar-refractivity contribution in [2.45, 2.75) is 20.4 Å². The lowest BCUT2D eigenvalue weighted by molar-refractivity contribution is 0.661. The summed E-state index contributed by atoms with van der Waals surface area (Å²) < 4.78 is 3.18. The Morgan fingerprint density at radius 2 is 2.21 bits per heavy atom. The molecule has 0 bridgehead atoms. The first kappa shape index (κ1) is 12.0. The molecule has 0 saturated carbocycles. The summed E-state index contributed by atoms with van der Waals surface area (Å²) in [4.78, 5) is 0. The molecular weight excluding hydrogens is 256 g/mol. The molecule has 0 unspecified atom stereocenters. The van der Waals surface area contributed by atoms with Crippen molar-refractivity contribution in [3.63, 3.8) is 0 Å². The Balaban J connectivity index is 2.00. The number of hydrogen-bond acceptors (Lipinski definition) is 4. The first-order valence-corrected chi connectivity index (χ1v) is 7.14. The highest BCUT2D eigenvalue weighted by molar-refractivity contribution is 7.17. The summed E-state index contributed by atoms with van der Waals surface area (Å²) in [6, 6.07) is 8.45. The van der Waals surface area contributed by atoms with E-state index >= 15 is 0 Å². The van der Waals surface area contributed by atoms with Crippen LogP contribution in [-0.2, 0) is 6.54 Å². The second-order valence-electron chi connectivity index (χ2n) is 4.46. The van der Waals surface area contributed by atoms with Crippen LogP contribution in [0.1, 0.15) is 12.6 Å². The second-order valence-corrected chi connectivity index (χ2v) is 5.41. The average molecular weight is 272 g/mol. The van der Waals surface area contributed by atoms with Crippen molar-refractivity contribution in [1.82, 2.24) is 9.78 Å². The van der Waals surface area contributed by atoms with Crippen LogP contribution in [0.4, 0.5) is 17.2 Å². The van der Waals surface area contributed by atoms with E-state index in [-0.39, 0.29) is 0 Å². The van der Waals surface area contributed by atoms with Crippen molar-refractivity contribution in [2.24, 2.45) is 0 Å². The van der Waals surface area contributed by atoms with Gasteiger partial charge in [-0.15, -0.1) is 11.3 Å². The van der Waals surface area contributed by atoms with Gasteiger partial charge >= 0.3 is 0 Å². The molecule has 3 aromatic rings. The van der Waals surface area contributed by atoms with Crippen LogP contribution in [-0.4, -0.2) is 9.78 Å². The summed E-state index contributed by atoms with van der Waals surface area (Å²) in [5.74, 6) is 0.870. The van der Waals surface area contributed by atoms with Crippen molar-refractivity contribution in [3.8, 4) is 0 Å². The lowest BCUT2D eigenvalue weighted by atomic mass is 10.2. The van der Waals surface area contributed by atoms with Gasteiger partial charge in [-0.1, -0.05) is 0 Å². The van der Waals surface area contributed by atoms with Crippen molar-refractivity contribution in [2.75, 3.05) is 11.1 Å². The SMILES string of the molecule is CCn1nc(C)c(N)c1Nc1ccc2sccc2c1. The number of nitrogens with two attached hydrogens (primary N) is 1. The predicted octanol–water partition coefficient (Wildman–Crippen LogP) is 3.75. The van der Waals surface area contributed by atoms with Crippen LogP contribution in [0.25, 0.3) is 10.1 Å². The summed E-state index contributed by atoms with van der Waals surface area (Å²) in [5.41, 5.74) is 8.69. The number of hydrogen-bond donors (Lipinski definition) is 2. The summed E-state index contributed by atoms with van der Waals surface area (Å²) in [6.45, 7) is 4.77. The zero-order valence-corrected chi connectivity index (χ0v) is 11.8. The van der Waals surface area contributed by atoms with Gasteiger partial charge in [0.15, 0.2) is 5.82 Å². The third kappa shape index (κ3) is 2.06. The Morgan fingerprint density at radius 1 is 1.37 bits per heavy atom. The molecule has 0 spiro atoms. The Bertz CT molecular complexity index is 726. The molecule has 5 heteroatoms. The highest BCUT2D eigenvalue weighted by Crippen LogP contribution is 2.29. The molecule has 0 aliphatic rings.